The van der Waals surface area contributed by atoms with Crippen LogP contribution in [-0.2, 0) is 0 Å². The van der Waals surface area contributed by atoms with Crippen LogP contribution in [0.4, 0.5) is 0 Å². The molecule has 1 radical (unpaired) electrons. The molecular formula is C5H10Li. The third-order valence-electron chi connectivity index (χ3n) is 0.427. The zero-order chi connectivity index (χ0) is 4.28. The Morgan fingerprint density at radius 2 is 1.83 bits per heavy atom. The summed E-state index contributed by atoms with van der Waals surface area (Å²) in [5, 5.41) is 0. The van der Waals surface area contributed by atoms with Crippen LogP contribution in [0.3, 0.4) is 0 Å². The predicted octanol–water partition coefficient (Wildman–Crippen LogP) is 1.14. The van der Waals surface area contributed by atoms with Gasteiger partial charge in [0, 0.05) is 0 Å². The van der Waals surface area contributed by atoms with Crippen LogP contribution in [0.5, 0.6) is 0 Å². The standard InChI is InChI=1S/C5H9.Li.H/c1-4-5(2)3;;/h1-2,4H2,3H3;;. The Balaban J connectivity index is 0. The Kier molecular flexibility index (Phi) is 8.54. The summed E-state index contributed by atoms with van der Waals surface area (Å²) in [7, 11) is 0. The molecule has 0 amide bonds. The van der Waals surface area contributed by atoms with Gasteiger partial charge in [0.25, 0.3) is 0 Å². The SMILES string of the molecule is [CH2]CC(=C)C.[LiH]. The van der Waals surface area contributed by atoms with E-state index in [9.17, 15) is 0 Å². The van der Waals surface area contributed by atoms with Crippen molar-refractivity contribution >= 4 is 18.9 Å². The van der Waals surface area contributed by atoms with Crippen LogP contribution in [0.1, 0.15) is 13.3 Å². The van der Waals surface area contributed by atoms with E-state index in [-0.39, 0.29) is 18.9 Å². The number of allylic oxidation sites excluding steroid dienone is 1. The van der Waals surface area contributed by atoms with Crippen molar-refractivity contribution in [3.05, 3.63) is 19.1 Å². The summed E-state index contributed by atoms with van der Waals surface area (Å²) in [5.41, 5.74) is 1.14. The zero-order valence-electron chi connectivity index (χ0n) is 3.62. The Bertz CT molecular complexity index is 39.2. The molecule has 0 aromatic heterocycles. The Morgan fingerprint density at radius 1 is 1.67 bits per heavy atom. The van der Waals surface area contributed by atoms with Gasteiger partial charge < -0.3 is 0 Å². The molecule has 0 atom stereocenters. The van der Waals surface area contributed by atoms with E-state index in [4.69, 9.17) is 0 Å². The summed E-state index contributed by atoms with van der Waals surface area (Å²) in [4.78, 5) is 0. The van der Waals surface area contributed by atoms with Crippen molar-refractivity contribution in [1.82, 2.24) is 0 Å². The van der Waals surface area contributed by atoms with E-state index < -0.39 is 0 Å². The van der Waals surface area contributed by atoms with E-state index in [0.717, 1.165) is 12.0 Å². The average molecular weight is 77.1 g/mol. The normalized spacial score (nSPS) is 6.33. The van der Waals surface area contributed by atoms with Crippen molar-refractivity contribution in [2.24, 2.45) is 0 Å². The van der Waals surface area contributed by atoms with Gasteiger partial charge in [-0.25, -0.2) is 0 Å². The molecule has 0 heterocycles. The summed E-state index contributed by atoms with van der Waals surface area (Å²) >= 11 is 0. The van der Waals surface area contributed by atoms with E-state index in [2.05, 4.69) is 13.5 Å². The van der Waals surface area contributed by atoms with Crippen molar-refractivity contribution in [2.45, 2.75) is 13.3 Å². The van der Waals surface area contributed by atoms with Gasteiger partial charge in [0.15, 0.2) is 0 Å². The second-order valence-electron chi connectivity index (χ2n) is 1.21. The predicted molar refractivity (Wildman–Crippen MR) is 31.9 cm³/mol. The molecule has 0 aliphatic rings. The third kappa shape index (κ3) is 8.84. The van der Waals surface area contributed by atoms with Gasteiger partial charge in [-0.05, 0) is 20.3 Å². The van der Waals surface area contributed by atoms with Crippen molar-refractivity contribution in [3.8, 4) is 0 Å². The first kappa shape index (κ1) is 9.60. The van der Waals surface area contributed by atoms with Gasteiger partial charge in [-0.1, -0.05) is 5.57 Å². The minimum atomic E-state index is 0. The molecule has 0 aromatic rings. The van der Waals surface area contributed by atoms with E-state index in [1.807, 2.05) is 6.92 Å². The van der Waals surface area contributed by atoms with Crippen LogP contribution in [0.25, 0.3) is 0 Å². The maximum absolute atomic E-state index is 3.61. The summed E-state index contributed by atoms with van der Waals surface area (Å²) < 4.78 is 0. The van der Waals surface area contributed by atoms with Crippen molar-refractivity contribution < 1.29 is 0 Å². The molecular weight excluding hydrogens is 67.0 g/mol. The molecule has 31 valence electrons. The molecule has 0 aromatic carbocycles. The number of hydrogen-bond donors (Lipinski definition) is 0. The van der Waals surface area contributed by atoms with Crippen molar-refractivity contribution in [2.75, 3.05) is 0 Å². The Hall–Kier alpha value is 0.337. The molecule has 0 saturated heterocycles. The average Bonchev–Trinajstić information content (AvgIpc) is 1.38. The van der Waals surface area contributed by atoms with Gasteiger partial charge >= 0.3 is 18.9 Å². The second kappa shape index (κ2) is 5.34. The van der Waals surface area contributed by atoms with Gasteiger partial charge in [-0.15, -0.1) is 6.58 Å². The van der Waals surface area contributed by atoms with Crippen LogP contribution in [0.15, 0.2) is 12.2 Å². The third-order valence-corrected chi connectivity index (χ3v) is 0.427. The molecule has 0 rings (SSSR count). The molecule has 6 heavy (non-hydrogen) atoms. The van der Waals surface area contributed by atoms with Gasteiger partial charge in [0.05, 0.1) is 0 Å². The van der Waals surface area contributed by atoms with Crippen molar-refractivity contribution in [1.29, 1.82) is 0 Å². The Labute approximate surface area is 51.8 Å². The maximum atomic E-state index is 3.61. The summed E-state index contributed by atoms with van der Waals surface area (Å²) in [6, 6.07) is 0. The zero-order valence-corrected chi connectivity index (χ0v) is 3.62. The first-order chi connectivity index (χ1) is 2.27. The molecule has 0 aliphatic heterocycles. The van der Waals surface area contributed by atoms with Crippen molar-refractivity contribution in [3.63, 3.8) is 0 Å². The topological polar surface area (TPSA) is 0 Å². The molecule has 0 saturated carbocycles. The van der Waals surface area contributed by atoms with E-state index in [1.165, 1.54) is 0 Å². The van der Waals surface area contributed by atoms with Gasteiger partial charge in [0.2, 0.25) is 0 Å². The molecule has 0 unspecified atom stereocenters. The van der Waals surface area contributed by atoms with Gasteiger partial charge in [0.1, 0.15) is 0 Å². The molecule has 0 N–H and O–H groups in total. The first-order valence-corrected chi connectivity index (χ1v) is 1.71. The molecule has 0 spiro atoms. The second-order valence-corrected chi connectivity index (χ2v) is 1.21. The minimum absolute atomic E-state index is 0. The molecule has 0 fully saturated rings. The van der Waals surface area contributed by atoms with E-state index in [0.29, 0.717) is 0 Å². The van der Waals surface area contributed by atoms with Gasteiger partial charge in [-0.2, -0.15) is 0 Å². The number of hydrogen-bond acceptors (Lipinski definition) is 0. The fourth-order valence-electron chi connectivity index (χ4n) is 0. The Morgan fingerprint density at radius 3 is 1.83 bits per heavy atom. The fraction of sp³-hybridized carbons (Fsp3) is 0.400. The van der Waals surface area contributed by atoms with Crippen LogP contribution >= 0.6 is 0 Å². The summed E-state index contributed by atoms with van der Waals surface area (Å²) in [5.74, 6) is 0. The van der Waals surface area contributed by atoms with Crippen LogP contribution in [0.2, 0.25) is 0 Å². The van der Waals surface area contributed by atoms with E-state index in [1.54, 1.807) is 0 Å². The number of rotatable bonds is 1. The van der Waals surface area contributed by atoms with Crippen LogP contribution in [-0.4, -0.2) is 18.9 Å². The molecule has 0 bridgehead atoms. The van der Waals surface area contributed by atoms with E-state index >= 15 is 0 Å². The first-order valence-electron chi connectivity index (χ1n) is 1.71. The molecule has 0 aliphatic carbocycles. The molecule has 0 nitrogen and oxygen atoms in total. The summed E-state index contributed by atoms with van der Waals surface area (Å²) in [6.07, 6.45) is 0.861. The quantitative estimate of drug-likeness (QED) is 0.325. The fourth-order valence-corrected chi connectivity index (χ4v) is 0. The molecule has 1 heteroatoms. The summed E-state index contributed by atoms with van der Waals surface area (Å²) in [6.45, 7) is 9.16. The van der Waals surface area contributed by atoms with Crippen LogP contribution < -0.4 is 0 Å². The monoisotopic (exact) mass is 77.1 g/mol. The van der Waals surface area contributed by atoms with Gasteiger partial charge in [-0.3, -0.25) is 0 Å². The van der Waals surface area contributed by atoms with Crippen LogP contribution in [0, 0.1) is 6.92 Å².